The molecule has 78 valence electrons. The van der Waals surface area contributed by atoms with Gasteiger partial charge in [0.15, 0.2) is 0 Å². The van der Waals surface area contributed by atoms with E-state index in [1.165, 1.54) is 0 Å². The van der Waals surface area contributed by atoms with E-state index in [9.17, 15) is 4.79 Å². The van der Waals surface area contributed by atoms with Crippen molar-refractivity contribution in [2.24, 2.45) is 0 Å². The SMILES string of the molecule is CC/C=C/CC/C=C/C(=O)NC1CC1. The van der Waals surface area contributed by atoms with Crippen LogP contribution in [-0.2, 0) is 4.79 Å². The van der Waals surface area contributed by atoms with Crippen molar-refractivity contribution in [2.45, 2.75) is 45.1 Å². The quantitative estimate of drug-likeness (QED) is 0.392. The highest BCUT2D eigenvalue weighted by Crippen LogP contribution is 2.18. The van der Waals surface area contributed by atoms with Crippen molar-refractivity contribution in [2.75, 3.05) is 0 Å². The second kappa shape index (κ2) is 6.41. The van der Waals surface area contributed by atoms with Gasteiger partial charge in [-0.05, 0) is 38.2 Å². The van der Waals surface area contributed by atoms with E-state index in [0.717, 1.165) is 32.1 Å². The van der Waals surface area contributed by atoms with Crippen LogP contribution < -0.4 is 5.32 Å². The lowest BCUT2D eigenvalue weighted by molar-refractivity contribution is -0.116. The first kappa shape index (κ1) is 11.0. The zero-order valence-corrected chi connectivity index (χ0v) is 8.83. The molecule has 1 aliphatic carbocycles. The summed E-state index contributed by atoms with van der Waals surface area (Å²) < 4.78 is 0. The molecule has 1 rings (SSSR count). The summed E-state index contributed by atoms with van der Waals surface area (Å²) in [5.74, 6) is 0.0620. The Labute approximate surface area is 86.1 Å². The van der Waals surface area contributed by atoms with E-state index in [0.29, 0.717) is 6.04 Å². The molecule has 1 fully saturated rings. The molecule has 14 heavy (non-hydrogen) atoms. The molecule has 1 saturated carbocycles. The van der Waals surface area contributed by atoms with E-state index in [-0.39, 0.29) is 5.91 Å². The highest BCUT2D eigenvalue weighted by molar-refractivity contribution is 5.87. The Kier molecular flexibility index (Phi) is 5.05. The molecule has 1 amide bonds. The molecule has 0 saturated heterocycles. The van der Waals surface area contributed by atoms with Gasteiger partial charge in [0.2, 0.25) is 5.91 Å². The fourth-order valence-corrected chi connectivity index (χ4v) is 1.14. The summed E-state index contributed by atoms with van der Waals surface area (Å²) in [4.78, 5) is 11.2. The van der Waals surface area contributed by atoms with Gasteiger partial charge in [0.05, 0.1) is 0 Å². The third-order valence-corrected chi connectivity index (χ3v) is 2.10. The van der Waals surface area contributed by atoms with Gasteiger partial charge in [-0.3, -0.25) is 4.79 Å². The second-order valence-corrected chi connectivity index (χ2v) is 3.64. The van der Waals surface area contributed by atoms with Gasteiger partial charge in [-0.2, -0.15) is 0 Å². The van der Waals surface area contributed by atoms with E-state index in [1.54, 1.807) is 6.08 Å². The maximum atomic E-state index is 11.2. The highest BCUT2D eigenvalue weighted by atomic mass is 16.1. The summed E-state index contributed by atoms with van der Waals surface area (Å²) in [6.07, 6.45) is 13.3. The molecule has 0 aromatic heterocycles. The van der Waals surface area contributed by atoms with Gasteiger partial charge in [-0.1, -0.05) is 25.2 Å². The van der Waals surface area contributed by atoms with E-state index < -0.39 is 0 Å². The minimum absolute atomic E-state index is 0.0620. The third kappa shape index (κ3) is 5.57. The standard InChI is InChI=1S/C12H19NO/c1-2-3-4-5-6-7-8-12(14)13-11-9-10-11/h3-4,7-8,11H,2,5-6,9-10H2,1H3,(H,13,14)/b4-3+,8-7+. The summed E-state index contributed by atoms with van der Waals surface area (Å²) >= 11 is 0. The predicted molar refractivity (Wildman–Crippen MR) is 59.0 cm³/mol. The van der Waals surface area contributed by atoms with Crippen molar-refractivity contribution in [3.05, 3.63) is 24.3 Å². The van der Waals surface area contributed by atoms with E-state index in [2.05, 4.69) is 24.4 Å². The number of allylic oxidation sites excluding steroid dienone is 3. The van der Waals surface area contributed by atoms with Crippen molar-refractivity contribution in [1.29, 1.82) is 0 Å². The summed E-state index contributed by atoms with van der Waals surface area (Å²) in [6, 6.07) is 0.465. The Morgan fingerprint density at radius 3 is 2.64 bits per heavy atom. The molecule has 2 nitrogen and oxygen atoms in total. The lowest BCUT2D eigenvalue weighted by Crippen LogP contribution is -2.22. The molecule has 1 N–H and O–H groups in total. The summed E-state index contributed by atoms with van der Waals surface area (Å²) in [6.45, 7) is 2.12. The number of hydrogen-bond acceptors (Lipinski definition) is 1. The molecule has 1 aliphatic rings. The lowest BCUT2D eigenvalue weighted by Gasteiger charge is -1.95. The van der Waals surface area contributed by atoms with Crippen molar-refractivity contribution in [1.82, 2.24) is 5.32 Å². The molecular formula is C12H19NO. The first-order valence-electron chi connectivity index (χ1n) is 5.45. The maximum absolute atomic E-state index is 11.2. The number of unbranched alkanes of at least 4 members (excludes halogenated alkanes) is 1. The monoisotopic (exact) mass is 193 g/mol. The van der Waals surface area contributed by atoms with Gasteiger partial charge >= 0.3 is 0 Å². The van der Waals surface area contributed by atoms with Gasteiger partial charge in [-0.25, -0.2) is 0 Å². The Hall–Kier alpha value is -1.05. The molecule has 0 unspecified atom stereocenters. The van der Waals surface area contributed by atoms with Crippen LogP contribution in [0.3, 0.4) is 0 Å². The lowest BCUT2D eigenvalue weighted by atomic mass is 10.2. The number of hydrogen-bond donors (Lipinski definition) is 1. The van der Waals surface area contributed by atoms with E-state index >= 15 is 0 Å². The fourth-order valence-electron chi connectivity index (χ4n) is 1.14. The smallest absolute Gasteiger partial charge is 0.243 e. The van der Waals surface area contributed by atoms with Crippen molar-refractivity contribution < 1.29 is 4.79 Å². The van der Waals surface area contributed by atoms with Gasteiger partial charge < -0.3 is 5.32 Å². The first-order chi connectivity index (χ1) is 6.83. The highest BCUT2D eigenvalue weighted by Gasteiger charge is 2.21. The first-order valence-corrected chi connectivity index (χ1v) is 5.45. The van der Waals surface area contributed by atoms with E-state index in [4.69, 9.17) is 0 Å². The number of amides is 1. The molecule has 0 radical (unpaired) electrons. The molecule has 0 aromatic carbocycles. The summed E-state index contributed by atoms with van der Waals surface area (Å²) in [7, 11) is 0. The Balaban J connectivity index is 2.00. The molecule has 0 aliphatic heterocycles. The van der Waals surface area contributed by atoms with Crippen molar-refractivity contribution in [3.8, 4) is 0 Å². The molecule has 0 aromatic rings. The van der Waals surface area contributed by atoms with Gasteiger partial charge in [0.1, 0.15) is 0 Å². The molecule has 2 heteroatoms. The molecule has 0 atom stereocenters. The normalized spacial score (nSPS) is 16.6. The molecule has 0 bridgehead atoms. The number of carbonyl (C=O) groups is 1. The Bertz CT molecular complexity index is 226. The van der Waals surface area contributed by atoms with E-state index in [1.807, 2.05) is 6.08 Å². The van der Waals surface area contributed by atoms with Crippen molar-refractivity contribution in [3.63, 3.8) is 0 Å². The van der Waals surface area contributed by atoms with Crippen LogP contribution in [0, 0.1) is 0 Å². The third-order valence-electron chi connectivity index (χ3n) is 2.10. The van der Waals surface area contributed by atoms with Crippen molar-refractivity contribution >= 4 is 5.91 Å². The van der Waals surface area contributed by atoms with Crippen LogP contribution in [-0.4, -0.2) is 11.9 Å². The number of rotatable bonds is 6. The average Bonchev–Trinajstić information content (AvgIpc) is 2.95. The van der Waals surface area contributed by atoms with Gasteiger partial charge in [0, 0.05) is 6.04 Å². The van der Waals surface area contributed by atoms with Crippen LogP contribution in [0.4, 0.5) is 0 Å². The Morgan fingerprint density at radius 2 is 2.00 bits per heavy atom. The van der Waals surface area contributed by atoms with Crippen LogP contribution in [0.15, 0.2) is 24.3 Å². The molecule has 0 heterocycles. The zero-order chi connectivity index (χ0) is 10.2. The predicted octanol–water partition coefficient (Wildman–Crippen LogP) is 2.57. The summed E-state index contributed by atoms with van der Waals surface area (Å²) in [5.41, 5.74) is 0. The Morgan fingerprint density at radius 1 is 1.29 bits per heavy atom. The topological polar surface area (TPSA) is 29.1 Å². The molecule has 0 spiro atoms. The van der Waals surface area contributed by atoms with Crippen LogP contribution in [0.5, 0.6) is 0 Å². The largest absolute Gasteiger partial charge is 0.350 e. The summed E-state index contributed by atoms with van der Waals surface area (Å²) in [5, 5.41) is 2.91. The second-order valence-electron chi connectivity index (χ2n) is 3.64. The van der Waals surface area contributed by atoms with Crippen LogP contribution >= 0.6 is 0 Å². The minimum atomic E-state index is 0.0620. The fraction of sp³-hybridized carbons (Fsp3) is 0.583. The molecular weight excluding hydrogens is 174 g/mol. The van der Waals surface area contributed by atoms with Crippen LogP contribution in [0.25, 0.3) is 0 Å². The van der Waals surface area contributed by atoms with Gasteiger partial charge in [0.25, 0.3) is 0 Å². The average molecular weight is 193 g/mol. The van der Waals surface area contributed by atoms with Crippen LogP contribution in [0.1, 0.15) is 39.0 Å². The number of nitrogens with one attached hydrogen (secondary N) is 1. The van der Waals surface area contributed by atoms with Gasteiger partial charge in [-0.15, -0.1) is 0 Å². The maximum Gasteiger partial charge on any atom is 0.243 e. The number of carbonyl (C=O) groups excluding carboxylic acids is 1. The minimum Gasteiger partial charge on any atom is -0.350 e. The van der Waals surface area contributed by atoms with Crippen LogP contribution in [0.2, 0.25) is 0 Å². The zero-order valence-electron chi connectivity index (χ0n) is 8.83.